The number of hydrogen-bond donors (Lipinski definition) is 2. The number of amides is 1. The predicted octanol–water partition coefficient (Wildman–Crippen LogP) is 5.95. The molecule has 0 unspecified atom stereocenters. The molecule has 2 aromatic heterocycles. The molecule has 2 heterocycles. The molecular formula is C21H19F4N3OS. The Morgan fingerprint density at radius 3 is 2.40 bits per heavy atom. The van der Waals surface area contributed by atoms with Crippen molar-refractivity contribution in [3.8, 4) is 0 Å². The molecule has 0 radical (unpaired) electrons. The Kier molecular flexibility index (Phi) is 5.40. The van der Waals surface area contributed by atoms with Crippen molar-refractivity contribution < 1.29 is 22.4 Å². The molecular weight excluding hydrogens is 418 g/mol. The van der Waals surface area contributed by atoms with E-state index in [1.165, 1.54) is 24.3 Å². The van der Waals surface area contributed by atoms with E-state index in [9.17, 15) is 22.4 Å². The van der Waals surface area contributed by atoms with Gasteiger partial charge >= 0.3 is 6.18 Å². The highest BCUT2D eigenvalue weighted by Crippen LogP contribution is 2.45. The number of thiophene rings is 1. The fourth-order valence-corrected chi connectivity index (χ4v) is 4.88. The van der Waals surface area contributed by atoms with Gasteiger partial charge in [-0.05, 0) is 55.5 Å². The smallest absolute Gasteiger partial charge is 0.397 e. The van der Waals surface area contributed by atoms with Crippen LogP contribution in [0.5, 0.6) is 0 Å². The van der Waals surface area contributed by atoms with Crippen molar-refractivity contribution in [1.82, 2.24) is 4.98 Å². The topological polar surface area (TPSA) is 68.0 Å². The van der Waals surface area contributed by atoms with Crippen LogP contribution in [0.2, 0.25) is 0 Å². The zero-order valence-corrected chi connectivity index (χ0v) is 16.7. The average Bonchev–Trinajstić information content (AvgIpc) is 2.98. The summed E-state index contributed by atoms with van der Waals surface area (Å²) < 4.78 is 55.4. The number of aryl methyl sites for hydroxylation is 1. The number of nitrogen functional groups attached to an aromatic ring is 1. The first kappa shape index (κ1) is 20.6. The van der Waals surface area contributed by atoms with E-state index >= 15 is 0 Å². The number of carbonyl (C=O) groups is 1. The third-order valence-electron chi connectivity index (χ3n) is 5.25. The molecule has 0 aliphatic heterocycles. The number of nitrogens with zero attached hydrogens (tertiary/aromatic N) is 1. The molecule has 3 aromatic rings. The molecule has 0 spiro atoms. The minimum Gasteiger partial charge on any atom is -0.397 e. The van der Waals surface area contributed by atoms with Gasteiger partial charge in [0.25, 0.3) is 5.91 Å². The summed E-state index contributed by atoms with van der Waals surface area (Å²) in [5.74, 6) is -1.12. The van der Waals surface area contributed by atoms with Crippen LogP contribution in [-0.2, 0) is 19.0 Å². The van der Waals surface area contributed by atoms with Crippen molar-refractivity contribution in [3.63, 3.8) is 0 Å². The summed E-state index contributed by atoms with van der Waals surface area (Å²) in [6.07, 6.45) is -0.572. The van der Waals surface area contributed by atoms with Gasteiger partial charge in [-0.15, -0.1) is 11.3 Å². The van der Waals surface area contributed by atoms with Crippen molar-refractivity contribution in [2.45, 2.75) is 44.7 Å². The molecule has 1 amide bonds. The lowest BCUT2D eigenvalue weighted by molar-refractivity contribution is -0.137. The first-order valence-corrected chi connectivity index (χ1v) is 10.4. The first-order valence-electron chi connectivity index (χ1n) is 9.63. The van der Waals surface area contributed by atoms with Crippen molar-refractivity contribution >= 4 is 38.8 Å². The summed E-state index contributed by atoms with van der Waals surface area (Å²) in [6, 6.07) is 5.07. The van der Waals surface area contributed by atoms with Gasteiger partial charge in [0.2, 0.25) is 0 Å². The van der Waals surface area contributed by atoms with Gasteiger partial charge < -0.3 is 11.1 Å². The Morgan fingerprint density at radius 2 is 1.73 bits per heavy atom. The number of carbonyl (C=O) groups excluding carboxylic acids is 1. The standard InChI is InChI=1S/C21H19F4N3OS/c22-11-7-9-12(10-8-11)27-19(29)18-17(26)15-16(21(23,24)25)13-5-3-1-2-4-6-14(13)28-20(15)30-18/h7-10H,1-6,26H2,(H,27,29). The summed E-state index contributed by atoms with van der Waals surface area (Å²) in [6.45, 7) is 0. The van der Waals surface area contributed by atoms with Crippen molar-refractivity contribution in [2.75, 3.05) is 11.1 Å². The van der Waals surface area contributed by atoms with Crippen LogP contribution < -0.4 is 11.1 Å². The number of hydrogen-bond acceptors (Lipinski definition) is 4. The Bertz CT molecular complexity index is 1110. The highest BCUT2D eigenvalue weighted by molar-refractivity contribution is 7.21. The molecule has 1 aromatic carbocycles. The summed E-state index contributed by atoms with van der Waals surface area (Å²) >= 11 is 0.847. The van der Waals surface area contributed by atoms with Crippen LogP contribution in [0.4, 0.5) is 28.9 Å². The number of alkyl halides is 3. The SMILES string of the molecule is Nc1c(C(=O)Nc2ccc(F)cc2)sc2nc3c(c(C(F)(F)F)c12)CCCCCC3. The number of halogens is 4. The van der Waals surface area contributed by atoms with E-state index in [1.54, 1.807) is 0 Å². The fraction of sp³-hybridized carbons (Fsp3) is 0.333. The molecule has 4 nitrogen and oxygen atoms in total. The van der Waals surface area contributed by atoms with Gasteiger partial charge in [-0.1, -0.05) is 12.8 Å². The number of fused-ring (bicyclic) bond motifs is 2. The van der Waals surface area contributed by atoms with Gasteiger partial charge in [0.1, 0.15) is 15.5 Å². The predicted molar refractivity (Wildman–Crippen MR) is 109 cm³/mol. The van der Waals surface area contributed by atoms with Crippen LogP contribution >= 0.6 is 11.3 Å². The third kappa shape index (κ3) is 3.86. The van der Waals surface area contributed by atoms with E-state index < -0.39 is 23.5 Å². The molecule has 1 aliphatic rings. The van der Waals surface area contributed by atoms with Crippen LogP contribution in [0, 0.1) is 5.82 Å². The van der Waals surface area contributed by atoms with Crippen LogP contribution in [0.25, 0.3) is 10.2 Å². The van der Waals surface area contributed by atoms with Crippen LogP contribution in [-0.4, -0.2) is 10.9 Å². The van der Waals surface area contributed by atoms with Gasteiger partial charge in [0, 0.05) is 16.8 Å². The van der Waals surface area contributed by atoms with Crippen molar-refractivity contribution in [1.29, 1.82) is 0 Å². The van der Waals surface area contributed by atoms with Gasteiger partial charge in [-0.25, -0.2) is 9.37 Å². The highest BCUT2D eigenvalue weighted by Gasteiger charge is 2.39. The fourth-order valence-electron chi connectivity index (χ4n) is 3.86. The number of nitrogens with two attached hydrogens (primary N) is 1. The molecule has 3 N–H and O–H groups in total. The van der Waals surface area contributed by atoms with Gasteiger partial charge in [0.05, 0.1) is 11.3 Å². The second kappa shape index (κ2) is 7.86. The average molecular weight is 437 g/mol. The minimum atomic E-state index is -4.61. The summed E-state index contributed by atoms with van der Waals surface area (Å²) in [5.41, 5.74) is 6.04. The van der Waals surface area contributed by atoms with Gasteiger partial charge in [-0.2, -0.15) is 13.2 Å². The quantitative estimate of drug-likeness (QED) is 0.487. The van der Waals surface area contributed by atoms with Crippen LogP contribution in [0.3, 0.4) is 0 Å². The Balaban J connectivity index is 1.84. The first-order chi connectivity index (χ1) is 14.3. The van der Waals surface area contributed by atoms with E-state index in [-0.39, 0.29) is 26.3 Å². The van der Waals surface area contributed by atoms with E-state index in [0.29, 0.717) is 30.6 Å². The molecule has 4 rings (SSSR count). The number of pyridine rings is 1. The number of nitrogens with one attached hydrogen (secondary N) is 1. The largest absolute Gasteiger partial charge is 0.417 e. The third-order valence-corrected chi connectivity index (χ3v) is 6.34. The van der Waals surface area contributed by atoms with E-state index in [2.05, 4.69) is 10.3 Å². The summed E-state index contributed by atoms with van der Waals surface area (Å²) in [4.78, 5) is 17.3. The lowest BCUT2D eigenvalue weighted by atomic mass is 9.91. The molecule has 158 valence electrons. The number of rotatable bonds is 2. The maximum absolute atomic E-state index is 14.1. The molecule has 0 atom stereocenters. The molecule has 0 bridgehead atoms. The molecule has 30 heavy (non-hydrogen) atoms. The zero-order chi connectivity index (χ0) is 21.5. The van der Waals surface area contributed by atoms with Crippen LogP contribution in [0.15, 0.2) is 24.3 Å². The lowest BCUT2D eigenvalue weighted by Crippen LogP contribution is -2.16. The maximum Gasteiger partial charge on any atom is 0.417 e. The van der Waals surface area contributed by atoms with Gasteiger partial charge in [-0.3, -0.25) is 4.79 Å². The molecule has 0 saturated carbocycles. The second-order valence-electron chi connectivity index (χ2n) is 7.31. The highest BCUT2D eigenvalue weighted by atomic mass is 32.1. The monoisotopic (exact) mass is 437 g/mol. The van der Waals surface area contributed by atoms with Crippen molar-refractivity contribution in [2.24, 2.45) is 0 Å². The van der Waals surface area contributed by atoms with E-state index in [0.717, 1.165) is 30.6 Å². The Labute approximate surface area is 174 Å². The molecule has 9 heteroatoms. The minimum absolute atomic E-state index is 0.0368. The lowest BCUT2D eigenvalue weighted by Gasteiger charge is -2.20. The molecule has 1 aliphatic carbocycles. The number of anilines is 2. The number of aromatic nitrogens is 1. The molecule has 0 saturated heterocycles. The number of benzene rings is 1. The zero-order valence-electron chi connectivity index (χ0n) is 15.9. The normalized spacial score (nSPS) is 14.8. The maximum atomic E-state index is 14.1. The molecule has 0 fully saturated rings. The Hall–Kier alpha value is -2.68. The van der Waals surface area contributed by atoms with Gasteiger partial charge in [0.15, 0.2) is 0 Å². The Morgan fingerprint density at radius 1 is 1.07 bits per heavy atom. The summed E-state index contributed by atoms with van der Waals surface area (Å²) in [7, 11) is 0. The summed E-state index contributed by atoms with van der Waals surface area (Å²) in [5, 5.41) is 2.35. The van der Waals surface area contributed by atoms with Crippen molar-refractivity contribution in [3.05, 3.63) is 51.8 Å². The van der Waals surface area contributed by atoms with E-state index in [4.69, 9.17) is 5.73 Å². The van der Waals surface area contributed by atoms with E-state index in [1.807, 2.05) is 0 Å². The second-order valence-corrected chi connectivity index (χ2v) is 8.31. The van der Waals surface area contributed by atoms with Crippen LogP contribution in [0.1, 0.15) is 52.2 Å².